The number of likely N-dealkylation sites (N-methyl/N-ethyl adjacent to an activating group) is 1. The zero-order valence-electron chi connectivity index (χ0n) is 13.6. The fourth-order valence-corrected chi connectivity index (χ4v) is 3.29. The molecule has 0 radical (unpaired) electrons. The molecule has 1 N–H and O–H groups in total. The molecule has 0 aromatic heterocycles. The summed E-state index contributed by atoms with van der Waals surface area (Å²) >= 11 is 0. The standard InChI is InChI=1S/C17H27FN2O/c1-5-19-16(17(2,3)20-10-6-7-11-20)14-9-8-13(21-4)12-15(14)18/h8-9,12,16,19H,5-7,10-11H2,1-4H3. The normalized spacial score (nSPS) is 18.0. The van der Waals surface area contributed by atoms with Crippen LogP contribution in [0.25, 0.3) is 0 Å². The van der Waals surface area contributed by atoms with Crippen molar-refractivity contribution in [1.29, 1.82) is 0 Å². The smallest absolute Gasteiger partial charge is 0.131 e. The molecule has 2 rings (SSSR count). The summed E-state index contributed by atoms with van der Waals surface area (Å²) in [5.74, 6) is 0.359. The second-order valence-electron chi connectivity index (χ2n) is 6.23. The number of nitrogens with one attached hydrogen (secondary N) is 1. The van der Waals surface area contributed by atoms with Gasteiger partial charge in [-0.2, -0.15) is 0 Å². The van der Waals surface area contributed by atoms with Crippen LogP contribution in [0.4, 0.5) is 4.39 Å². The van der Waals surface area contributed by atoms with Crippen LogP contribution in [0.3, 0.4) is 0 Å². The van der Waals surface area contributed by atoms with Crippen LogP contribution in [-0.4, -0.2) is 37.2 Å². The summed E-state index contributed by atoms with van der Waals surface area (Å²) in [6.07, 6.45) is 2.46. The average Bonchev–Trinajstić information content (AvgIpc) is 3.00. The lowest BCUT2D eigenvalue weighted by atomic mass is 9.86. The van der Waals surface area contributed by atoms with E-state index in [2.05, 4.69) is 31.0 Å². The Kier molecular flexibility index (Phi) is 5.22. The van der Waals surface area contributed by atoms with Crippen LogP contribution in [-0.2, 0) is 0 Å². The van der Waals surface area contributed by atoms with E-state index >= 15 is 0 Å². The van der Waals surface area contributed by atoms with Crippen LogP contribution < -0.4 is 10.1 Å². The molecular weight excluding hydrogens is 267 g/mol. The maximum Gasteiger partial charge on any atom is 0.131 e. The molecule has 118 valence electrons. The predicted octanol–water partition coefficient (Wildman–Crippen LogP) is 3.36. The van der Waals surface area contributed by atoms with Crippen molar-refractivity contribution in [2.75, 3.05) is 26.7 Å². The van der Waals surface area contributed by atoms with Crippen molar-refractivity contribution >= 4 is 0 Å². The van der Waals surface area contributed by atoms with E-state index in [1.54, 1.807) is 7.11 Å². The molecule has 1 atom stereocenters. The van der Waals surface area contributed by atoms with Crippen LogP contribution in [0.5, 0.6) is 5.75 Å². The summed E-state index contributed by atoms with van der Waals surface area (Å²) < 4.78 is 19.6. The van der Waals surface area contributed by atoms with E-state index in [0.29, 0.717) is 5.75 Å². The second kappa shape index (κ2) is 6.75. The van der Waals surface area contributed by atoms with E-state index in [0.717, 1.165) is 25.2 Å². The van der Waals surface area contributed by atoms with Crippen LogP contribution in [0.15, 0.2) is 18.2 Å². The number of likely N-dealkylation sites (tertiary alicyclic amines) is 1. The van der Waals surface area contributed by atoms with Crippen LogP contribution in [0, 0.1) is 5.82 Å². The minimum atomic E-state index is -0.201. The zero-order valence-corrected chi connectivity index (χ0v) is 13.6. The minimum Gasteiger partial charge on any atom is -0.497 e. The quantitative estimate of drug-likeness (QED) is 0.870. The molecule has 1 saturated heterocycles. The van der Waals surface area contributed by atoms with Gasteiger partial charge in [0.15, 0.2) is 0 Å². The highest BCUT2D eigenvalue weighted by Crippen LogP contribution is 2.35. The van der Waals surface area contributed by atoms with Crippen LogP contribution in [0.2, 0.25) is 0 Å². The molecule has 1 aromatic carbocycles. The van der Waals surface area contributed by atoms with Gasteiger partial charge in [-0.1, -0.05) is 13.0 Å². The van der Waals surface area contributed by atoms with Gasteiger partial charge in [-0.3, -0.25) is 4.90 Å². The number of halogens is 1. The van der Waals surface area contributed by atoms with Gasteiger partial charge in [0.1, 0.15) is 11.6 Å². The number of methoxy groups -OCH3 is 1. The van der Waals surface area contributed by atoms with Crippen molar-refractivity contribution in [3.63, 3.8) is 0 Å². The maximum absolute atomic E-state index is 14.5. The molecular formula is C17H27FN2O. The Labute approximate surface area is 127 Å². The van der Waals surface area contributed by atoms with E-state index in [1.165, 1.54) is 18.9 Å². The van der Waals surface area contributed by atoms with Crippen molar-refractivity contribution < 1.29 is 9.13 Å². The molecule has 1 aliphatic rings. The molecule has 0 aliphatic carbocycles. The Hall–Kier alpha value is -1.13. The van der Waals surface area contributed by atoms with Gasteiger partial charge in [-0.15, -0.1) is 0 Å². The summed E-state index contributed by atoms with van der Waals surface area (Å²) in [5.41, 5.74) is 0.594. The van der Waals surface area contributed by atoms with E-state index in [1.807, 2.05) is 12.1 Å². The number of benzene rings is 1. The molecule has 4 heteroatoms. The number of hydrogen-bond donors (Lipinski definition) is 1. The van der Waals surface area contributed by atoms with E-state index < -0.39 is 0 Å². The molecule has 1 fully saturated rings. The monoisotopic (exact) mass is 294 g/mol. The minimum absolute atomic E-state index is 0.0356. The van der Waals surface area contributed by atoms with Gasteiger partial charge in [-0.25, -0.2) is 4.39 Å². The van der Waals surface area contributed by atoms with Crippen molar-refractivity contribution in [2.24, 2.45) is 0 Å². The summed E-state index contributed by atoms with van der Waals surface area (Å²) in [4.78, 5) is 2.46. The molecule has 1 heterocycles. The molecule has 21 heavy (non-hydrogen) atoms. The Balaban J connectivity index is 2.33. The lowest BCUT2D eigenvalue weighted by Crippen LogP contribution is -2.51. The van der Waals surface area contributed by atoms with Crippen molar-refractivity contribution in [3.8, 4) is 5.75 Å². The third-order valence-electron chi connectivity index (χ3n) is 4.55. The summed E-state index contributed by atoms with van der Waals surface area (Å²) in [7, 11) is 1.56. The molecule has 0 saturated carbocycles. The number of ether oxygens (including phenoxy) is 1. The van der Waals surface area contributed by atoms with E-state index in [4.69, 9.17) is 4.74 Å². The summed E-state index contributed by atoms with van der Waals surface area (Å²) in [6.45, 7) is 9.46. The fraction of sp³-hybridized carbons (Fsp3) is 0.647. The third kappa shape index (κ3) is 3.38. The van der Waals surface area contributed by atoms with Crippen molar-refractivity contribution in [3.05, 3.63) is 29.6 Å². The van der Waals surface area contributed by atoms with Crippen molar-refractivity contribution in [2.45, 2.75) is 45.2 Å². The van der Waals surface area contributed by atoms with E-state index in [-0.39, 0.29) is 17.4 Å². The largest absolute Gasteiger partial charge is 0.497 e. The predicted molar refractivity (Wildman–Crippen MR) is 84.3 cm³/mol. The molecule has 0 amide bonds. The van der Waals surface area contributed by atoms with E-state index in [9.17, 15) is 4.39 Å². The molecule has 1 aromatic rings. The highest BCUT2D eigenvalue weighted by atomic mass is 19.1. The second-order valence-corrected chi connectivity index (χ2v) is 6.23. The maximum atomic E-state index is 14.5. The summed E-state index contributed by atoms with van der Waals surface area (Å²) in [5, 5.41) is 3.47. The molecule has 1 unspecified atom stereocenters. The van der Waals surface area contributed by atoms with Gasteiger partial charge in [0.2, 0.25) is 0 Å². The summed E-state index contributed by atoms with van der Waals surface area (Å²) in [6, 6.07) is 5.12. The average molecular weight is 294 g/mol. The Bertz CT molecular complexity index is 470. The first-order valence-corrected chi connectivity index (χ1v) is 7.82. The van der Waals surface area contributed by atoms with Gasteiger partial charge < -0.3 is 10.1 Å². The number of nitrogens with zero attached hydrogens (tertiary/aromatic N) is 1. The first-order valence-electron chi connectivity index (χ1n) is 7.82. The molecule has 0 bridgehead atoms. The first kappa shape index (κ1) is 16.2. The fourth-order valence-electron chi connectivity index (χ4n) is 3.29. The molecule has 1 aliphatic heterocycles. The highest BCUT2D eigenvalue weighted by Gasteiger charge is 2.38. The molecule has 3 nitrogen and oxygen atoms in total. The highest BCUT2D eigenvalue weighted by molar-refractivity contribution is 5.32. The first-order chi connectivity index (χ1) is 10.0. The molecule has 0 spiro atoms. The zero-order chi connectivity index (χ0) is 15.5. The Morgan fingerprint density at radius 1 is 1.33 bits per heavy atom. The SMILES string of the molecule is CCNC(c1ccc(OC)cc1F)C(C)(C)N1CCCC1. The van der Waals surface area contributed by atoms with Crippen LogP contribution >= 0.6 is 0 Å². The van der Waals surface area contributed by atoms with Gasteiger partial charge in [0.05, 0.1) is 13.2 Å². The number of hydrogen-bond acceptors (Lipinski definition) is 3. The third-order valence-corrected chi connectivity index (χ3v) is 4.55. The van der Waals surface area contributed by atoms with Gasteiger partial charge in [0.25, 0.3) is 0 Å². The van der Waals surface area contributed by atoms with Gasteiger partial charge in [-0.05, 0) is 52.4 Å². The van der Waals surface area contributed by atoms with Gasteiger partial charge in [0, 0.05) is 17.2 Å². The lowest BCUT2D eigenvalue weighted by Gasteiger charge is -2.43. The Morgan fingerprint density at radius 2 is 2.00 bits per heavy atom. The van der Waals surface area contributed by atoms with Crippen LogP contribution in [0.1, 0.15) is 45.2 Å². The topological polar surface area (TPSA) is 24.5 Å². The van der Waals surface area contributed by atoms with Gasteiger partial charge >= 0.3 is 0 Å². The van der Waals surface area contributed by atoms with Crippen molar-refractivity contribution in [1.82, 2.24) is 10.2 Å². The Morgan fingerprint density at radius 3 is 2.52 bits per heavy atom. The number of rotatable bonds is 6. The lowest BCUT2D eigenvalue weighted by molar-refractivity contribution is 0.106.